The third kappa shape index (κ3) is 4.28. The van der Waals surface area contributed by atoms with E-state index in [-0.39, 0.29) is 31.0 Å². The maximum atomic E-state index is 13.4. The normalized spacial score (nSPS) is 16.6. The van der Waals surface area contributed by atoms with Crippen molar-refractivity contribution in [2.24, 2.45) is 5.92 Å². The van der Waals surface area contributed by atoms with Gasteiger partial charge in [0.1, 0.15) is 5.82 Å². The van der Waals surface area contributed by atoms with Gasteiger partial charge in [-0.05, 0) is 42.9 Å². The van der Waals surface area contributed by atoms with Crippen molar-refractivity contribution >= 4 is 23.3 Å². The Morgan fingerprint density at radius 2 is 2.23 bits per heavy atom. The first-order chi connectivity index (χ1) is 14.6. The lowest BCUT2D eigenvalue weighted by Gasteiger charge is -2.32. The van der Waals surface area contributed by atoms with Crippen LogP contribution in [0.4, 0.5) is 11.5 Å². The topological polar surface area (TPSA) is 98.7 Å². The largest absolute Gasteiger partial charge is 0.394 e. The molecule has 3 heterocycles. The maximum Gasteiger partial charge on any atom is 0.256 e. The highest BCUT2D eigenvalue weighted by molar-refractivity contribution is 6.04. The second-order valence-corrected chi connectivity index (χ2v) is 7.93. The molecule has 1 aliphatic heterocycles. The van der Waals surface area contributed by atoms with Crippen molar-refractivity contribution in [2.45, 2.75) is 38.8 Å². The summed E-state index contributed by atoms with van der Waals surface area (Å²) in [6.45, 7) is 3.03. The second kappa shape index (κ2) is 8.79. The Morgan fingerprint density at radius 1 is 1.40 bits per heavy atom. The molecule has 0 aromatic carbocycles. The number of amides is 2. The fourth-order valence-electron chi connectivity index (χ4n) is 3.73. The van der Waals surface area contributed by atoms with Crippen molar-refractivity contribution in [3.8, 4) is 0 Å². The summed E-state index contributed by atoms with van der Waals surface area (Å²) in [5.74, 6) is 0.925. The Hall–Kier alpha value is -3.00. The first-order valence-electron chi connectivity index (χ1n) is 10.5. The molecule has 0 radical (unpaired) electrons. The van der Waals surface area contributed by atoms with Crippen LogP contribution in [0.15, 0.2) is 36.8 Å². The number of nitrogens with one attached hydrogen (secondary N) is 1. The zero-order valence-electron chi connectivity index (χ0n) is 17.1. The Bertz CT molecular complexity index is 912. The van der Waals surface area contributed by atoms with E-state index in [1.54, 1.807) is 34.5 Å². The standard InChI is InChI=1S/C22H27N5O3/c1-2-18(14-28)26(13-16-4-3-7-23-9-16)22(30)17-8-19-21(24-10-17)25-11-20(29)27(19)12-15-5-6-15/h3-4,7-10,15,18,28H,2,5-6,11-14H2,1H3,(H,24,25). The summed E-state index contributed by atoms with van der Waals surface area (Å²) >= 11 is 0. The number of aromatic nitrogens is 2. The number of pyridine rings is 2. The van der Waals surface area contributed by atoms with Crippen LogP contribution in [0.5, 0.6) is 0 Å². The molecule has 0 saturated heterocycles. The lowest BCUT2D eigenvalue weighted by molar-refractivity contribution is -0.117. The van der Waals surface area contributed by atoms with E-state index in [1.165, 1.54) is 0 Å². The van der Waals surface area contributed by atoms with Crippen LogP contribution in [0.3, 0.4) is 0 Å². The third-order valence-electron chi connectivity index (χ3n) is 5.71. The molecule has 2 aromatic heterocycles. The summed E-state index contributed by atoms with van der Waals surface area (Å²) in [5.41, 5.74) is 1.94. The van der Waals surface area contributed by atoms with Crippen molar-refractivity contribution in [1.29, 1.82) is 0 Å². The van der Waals surface area contributed by atoms with Crippen LogP contribution in [-0.4, -0.2) is 57.5 Å². The monoisotopic (exact) mass is 409 g/mol. The molecule has 1 atom stereocenters. The van der Waals surface area contributed by atoms with E-state index < -0.39 is 0 Å². The molecule has 1 unspecified atom stereocenters. The summed E-state index contributed by atoms with van der Waals surface area (Å²) in [7, 11) is 0. The molecule has 4 rings (SSSR count). The van der Waals surface area contributed by atoms with E-state index in [9.17, 15) is 14.7 Å². The van der Waals surface area contributed by atoms with Crippen molar-refractivity contribution in [3.63, 3.8) is 0 Å². The summed E-state index contributed by atoms with van der Waals surface area (Å²) in [6.07, 6.45) is 7.83. The summed E-state index contributed by atoms with van der Waals surface area (Å²) < 4.78 is 0. The number of fused-ring (bicyclic) bond motifs is 1. The van der Waals surface area contributed by atoms with Crippen LogP contribution in [-0.2, 0) is 11.3 Å². The van der Waals surface area contributed by atoms with E-state index in [4.69, 9.17) is 0 Å². The van der Waals surface area contributed by atoms with Gasteiger partial charge in [0, 0.05) is 31.7 Å². The van der Waals surface area contributed by atoms with Crippen LogP contribution in [0.1, 0.15) is 42.1 Å². The molecule has 30 heavy (non-hydrogen) atoms. The number of aliphatic hydroxyl groups is 1. The van der Waals surface area contributed by atoms with Gasteiger partial charge in [-0.2, -0.15) is 0 Å². The fraction of sp³-hybridized carbons (Fsp3) is 0.455. The molecule has 0 spiro atoms. The average Bonchev–Trinajstić information content (AvgIpc) is 3.60. The molecule has 158 valence electrons. The number of nitrogens with zero attached hydrogens (tertiary/aromatic N) is 4. The molecule has 2 aliphatic rings. The van der Waals surface area contributed by atoms with Crippen molar-refractivity contribution in [3.05, 3.63) is 47.9 Å². The predicted octanol–water partition coefficient (Wildman–Crippen LogP) is 2.06. The van der Waals surface area contributed by atoms with Gasteiger partial charge < -0.3 is 20.2 Å². The van der Waals surface area contributed by atoms with E-state index >= 15 is 0 Å². The quantitative estimate of drug-likeness (QED) is 0.693. The molecule has 8 nitrogen and oxygen atoms in total. The Balaban J connectivity index is 1.64. The van der Waals surface area contributed by atoms with E-state index in [1.807, 2.05) is 19.1 Å². The van der Waals surface area contributed by atoms with Gasteiger partial charge in [-0.3, -0.25) is 14.6 Å². The van der Waals surface area contributed by atoms with Gasteiger partial charge in [0.25, 0.3) is 5.91 Å². The summed E-state index contributed by atoms with van der Waals surface area (Å²) in [5, 5.41) is 12.9. The first kappa shape index (κ1) is 20.3. The van der Waals surface area contributed by atoms with E-state index in [2.05, 4.69) is 15.3 Å². The maximum absolute atomic E-state index is 13.4. The number of carbonyl (C=O) groups excluding carboxylic acids is 2. The molecule has 1 aliphatic carbocycles. The van der Waals surface area contributed by atoms with Crippen LogP contribution in [0, 0.1) is 5.92 Å². The highest BCUT2D eigenvalue weighted by Crippen LogP contribution is 2.35. The zero-order valence-corrected chi connectivity index (χ0v) is 17.1. The Kier molecular flexibility index (Phi) is 5.94. The lowest BCUT2D eigenvalue weighted by atomic mass is 10.1. The smallest absolute Gasteiger partial charge is 0.256 e. The number of anilines is 2. The molecule has 2 aromatic rings. The second-order valence-electron chi connectivity index (χ2n) is 7.93. The summed E-state index contributed by atoms with van der Waals surface area (Å²) in [6, 6.07) is 5.15. The van der Waals surface area contributed by atoms with Gasteiger partial charge in [-0.1, -0.05) is 13.0 Å². The van der Waals surface area contributed by atoms with E-state index in [0.29, 0.717) is 42.5 Å². The molecule has 2 N–H and O–H groups in total. The van der Waals surface area contributed by atoms with Crippen LogP contribution >= 0.6 is 0 Å². The number of carbonyl (C=O) groups is 2. The van der Waals surface area contributed by atoms with Gasteiger partial charge in [-0.25, -0.2) is 4.98 Å². The molecule has 1 saturated carbocycles. The Labute approximate surface area is 175 Å². The highest BCUT2D eigenvalue weighted by atomic mass is 16.3. The number of hydrogen-bond acceptors (Lipinski definition) is 6. The van der Waals surface area contributed by atoms with Crippen LogP contribution in [0.25, 0.3) is 0 Å². The van der Waals surface area contributed by atoms with Crippen LogP contribution < -0.4 is 10.2 Å². The van der Waals surface area contributed by atoms with Crippen LogP contribution in [0.2, 0.25) is 0 Å². The summed E-state index contributed by atoms with van der Waals surface area (Å²) in [4.78, 5) is 37.9. The van der Waals surface area contributed by atoms with Gasteiger partial charge in [0.2, 0.25) is 5.91 Å². The Morgan fingerprint density at radius 3 is 2.90 bits per heavy atom. The molecule has 8 heteroatoms. The van der Waals surface area contributed by atoms with Gasteiger partial charge in [0.05, 0.1) is 30.4 Å². The predicted molar refractivity (Wildman–Crippen MR) is 113 cm³/mol. The minimum absolute atomic E-state index is 0.00481. The molecular formula is C22H27N5O3. The zero-order chi connectivity index (χ0) is 21.1. The molecule has 2 amide bonds. The van der Waals surface area contributed by atoms with Crippen molar-refractivity contribution in [2.75, 3.05) is 29.9 Å². The minimum atomic E-state index is -0.323. The highest BCUT2D eigenvalue weighted by Gasteiger charge is 2.33. The van der Waals surface area contributed by atoms with Gasteiger partial charge >= 0.3 is 0 Å². The first-order valence-corrected chi connectivity index (χ1v) is 10.5. The minimum Gasteiger partial charge on any atom is -0.394 e. The van der Waals surface area contributed by atoms with Crippen molar-refractivity contribution in [1.82, 2.24) is 14.9 Å². The van der Waals surface area contributed by atoms with Gasteiger partial charge in [0.15, 0.2) is 0 Å². The number of hydrogen-bond donors (Lipinski definition) is 2. The van der Waals surface area contributed by atoms with Crippen molar-refractivity contribution < 1.29 is 14.7 Å². The average molecular weight is 409 g/mol. The van der Waals surface area contributed by atoms with Gasteiger partial charge in [-0.15, -0.1) is 0 Å². The number of rotatable bonds is 8. The third-order valence-corrected chi connectivity index (χ3v) is 5.71. The fourth-order valence-corrected chi connectivity index (χ4v) is 3.73. The number of aliphatic hydroxyl groups excluding tert-OH is 1. The lowest BCUT2D eigenvalue weighted by Crippen LogP contribution is -2.43. The molecular weight excluding hydrogens is 382 g/mol. The molecule has 0 bridgehead atoms. The molecule has 1 fully saturated rings. The van der Waals surface area contributed by atoms with E-state index in [0.717, 1.165) is 18.4 Å². The SMILES string of the molecule is CCC(CO)N(Cc1cccnc1)C(=O)c1cnc2c(c1)N(CC1CC1)C(=O)CN2.